The molecule has 0 radical (unpaired) electrons. The van der Waals surface area contributed by atoms with E-state index in [0.717, 1.165) is 17.9 Å². The van der Waals surface area contributed by atoms with Crippen molar-refractivity contribution in [2.75, 3.05) is 36.6 Å². The molecule has 1 rings (SSSR count). The van der Waals surface area contributed by atoms with Gasteiger partial charge in [0.2, 0.25) is 0 Å². The van der Waals surface area contributed by atoms with E-state index in [4.69, 9.17) is 9.84 Å². The highest BCUT2D eigenvalue weighted by Crippen LogP contribution is 2.26. The number of nitro benzene ring substituents is 1. The number of thioether (sulfide) groups is 1. The number of anilines is 1. The molecule has 0 saturated heterocycles. The van der Waals surface area contributed by atoms with E-state index < -0.39 is 4.92 Å². The van der Waals surface area contributed by atoms with E-state index in [1.165, 1.54) is 12.1 Å². The fourth-order valence-electron chi connectivity index (χ4n) is 1.58. The molecule has 0 spiro atoms. The molecule has 0 aromatic heterocycles. The number of benzene rings is 1. The molecule has 0 amide bonds. The number of nitrogens with one attached hydrogen (secondary N) is 1. The van der Waals surface area contributed by atoms with E-state index in [0.29, 0.717) is 24.6 Å². The van der Waals surface area contributed by atoms with Crippen LogP contribution < -0.4 is 10.1 Å². The highest BCUT2D eigenvalue weighted by atomic mass is 32.2. The number of nitrogens with zero attached hydrogens (tertiary/aromatic N) is 1. The van der Waals surface area contributed by atoms with Crippen molar-refractivity contribution in [3.8, 4) is 5.75 Å². The number of ether oxygens (including phenoxy) is 1. The summed E-state index contributed by atoms with van der Waals surface area (Å²) in [5, 5.41) is 22.7. The summed E-state index contributed by atoms with van der Waals surface area (Å²) < 4.78 is 5.32. The maximum absolute atomic E-state index is 10.9. The van der Waals surface area contributed by atoms with Crippen LogP contribution in [0.4, 0.5) is 11.4 Å². The number of non-ortho nitro benzene ring substituents is 1. The second-order valence-electron chi connectivity index (χ2n) is 4.02. The first-order valence-corrected chi connectivity index (χ1v) is 7.67. The van der Waals surface area contributed by atoms with E-state index >= 15 is 0 Å². The van der Waals surface area contributed by atoms with Crippen LogP contribution in [0.3, 0.4) is 0 Å². The van der Waals surface area contributed by atoms with Gasteiger partial charge in [-0.25, -0.2) is 0 Å². The Morgan fingerprint density at radius 2 is 2.20 bits per heavy atom. The molecule has 112 valence electrons. The van der Waals surface area contributed by atoms with Gasteiger partial charge in [-0.3, -0.25) is 10.1 Å². The summed E-state index contributed by atoms with van der Waals surface area (Å²) in [7, 11) is 0. The van der Waals surface area contributed by atoms with Crippen LogP contribution >= 0.6 is 11.8 Å². The second-order valence-corrected chi connectivity index (χ2v) is 5.25. The van der Waals surface area contributed by atoms with E-state index in [9.17, 15) is 10.1 Å². The number of nitro groups is 1. The first kappa shape index (κ1) is 16.6. The molecule has 7 heteroatoms. The third-order valence-electron chi connectivity index (χ3n) is 2.44. The van der Waals surface area contributed by atoms with Crippen molar-refractivity contribution >= 4 is 23.1 Å². The number of hydrogen-bond acceptors (Lipinski definition) is 6. The van der Waals surface area contributed by atoms with Crippen LogP contribution in [-0.4, -0.2) is 41.3 Å². The Morgan fingerprint density at radius 1 is 1.40 bits per heavy atom. The van der Waals surface area contributed by atoms with Gasteiger partial charge in [0.25, 0.3) is 5.69 Å². The Hall–Kier alpha value is -1.47. The summed E-state index contributed by atoms with van der Waals surface area (Å²) in [5.41, 5.74) is 0.705. The van der Waals surface area contributed by atoms with Crippen LogP contribution in [-0.2, 0) is 0 Å². The van der Waals surface area contributed by atoms with Gasteiger partial charge in [-0.05, 0) is 19.1 Å². The van der Waals surface area contributed by atoms with Crippen LogP contribution in [0.1, 0.15) is 13.3 Å². The molecule has 0 saturated carbocycles. The van der Waals surface area contributed by atoms with Gasteiger partial charge < -0.3 is 15.2 Å². The molecule has 0 unspecified atom stereocenters. The van der Waals surface area contributed by atoms with E-state index in [1.54, 1.807) is 17.8 Å². The average molecular weight is 300 g/mol. The Bertz CT molecular complexity index is 429. The van der Waals surface area contributed by atoms with Gasteiger partial charge in [0.15, 0.2) is 0 Å². The maximum atomic E-state index is 10.9. The fourth-order valence-corrected chi connectivity index (χ4v) is 2.36. The zero-order chi connectivity index (χ0) is 14.8. The summed E-state index contributed by atoms with van der Waals surface area (Å²) in [6.45, 7) is 3.23. The average Bonchev–Trinajstić information content (AvgIpc) is 2.43. The summed E-state index contributed by atoms with van der Waals surface area (Å²) in [6.07, 6.45) is 0.788. The molecule has 1 aromatic rings. The van der Waals surface area contributed by atoms with E-state index in [1.807, 2.05) is 6.92 Å². The number of hydrogen-bond donors (Lipinski definition) is 2. The molecule has 0 aliphatic heterocycles. The highest BCUT2D eigenvalue weighted by molar-refractivity contribution is 7.99. The molecule has 2 N–H and O–H groups in total. The number of aliphatic hydroxyl groups excluding tert-OH is 1. The summed E-state index contributed by atoms with van der Waals surface area (Å²) in [4.78, 5) is 10.4. The van der Waals surface area contributed by atoms with Gasteiger partial charge >= 0.3 is 0 Å². The smallest absolute Gasteiger partial charge is 0.275 e. The zero-order valence-corrected chi connectivity index (χ0v) is 12.3. The van der Waals surface area contributed by atoms with Crippen LogP contribution in [0, 0.1) is 10.1 Å². The largest absolute Gasteiger partial charge is 0.494 e. The molecule has 0 aliphatic rings. The lowest BCUT2D eigenvalue weighted by atomic mass is 10.2. The summed E-state index contributed by atoms with van der Waals surface area (Å²) >= 11 is 1.73. The standard InChI is InChI=1S/C13H20N2O4S/c1-2-19-13-9-11(8-12(10-13)15(17)18)14-4-7-20-6-3-5-16/h8-10,14,16H,2-7H2,1H3. The van der Waals surface area contributed by atoms with E-state index in [-0.39, 0.29) is 12.3 Å². The predicted octanol–water partition coefficient (Wildman–Crippen LogP) is 2.52. The van der Waals surface area contributed by atoms with Crippen LogP contribution in [0.5, 0.6) is 5.75 Å². The summed E-state index contributed by atoms with van der Waals surface area (Å²) in [5.74, 6) is 2.29. The lowest BCUT2D eigenvalue weighted by molar-refractivity contribution is -0.384. The second kappa shape index (κ2) is 9.44. The number of aliphatic hydroxyl groups is 1. The van der Waals surface area contributed by atoms with Crippen molar-refractivity contribution in [3.05, 3.63) is 28.3 Å². The van der Waals surface area contributed by atoms with Crippen LogP contribution in [0.2, 0.25) is 0 Å². The Labute approximate surface area is 122 Å². The third-order valence-corrected chi connectivity index (χ3v) is 3.51. The first-order chi connectivity index (χ1) is 9.67. The summed E-state index contributed by atoms with van der Waals surface area (Å²) in [6, 6.07) is 4.68. The van der Waals surface area contributed by atoms with Gasteiger partial charge in [-0.15, -0.1) is 0 Å². The Morgan fingerprint density at radius 3 is 2.85 bits per heavy atom. The van der Waals surface area contributed by atoms with Crippen molar-refractivity contribution < 1.29 is 14.8 Å². The lowest BCUT2D eigenvalue weighted by Crippen LogP contribution is -2.05. The molecular formula is C13H20N2O4S. The quantitative estimate of drug-likeness (QED) is 0.392. The Balaban J connectivity index is 2.53. The fraction of sp³-hybridized carbons (Fsp3) is 0.538. The molecule has 0 heterocycles. The highest BCUT2D eigenvalue weighted by Gasteiger charge is 2.10. The molecular weight excluding hydrogens is 280 g/mol. The van der Waals surface area contributed by atoms with Gasteiger partial charge in [-0.1, -0.05) is 0 Å². The molecule has 0 atom stereocenters. The minimum absolute atomic E-state index is 0.0198. The van der Waals surface area contributed by atoms with Crippen molar-refractivity contribution in [1.29, 1.82) is 0 Å². The predicted molar refractivity (Wildman–Crippen MR) is 81.8 cm³/mol. The van der Waals surface area contributed by atoms with Crippen molar-refractivity contribution in [2.24, 2.45) is 0 Å². The van der Waals surface area contributed by atoms with Crippen molar-refractivity contribution in [1.82, 2.24) is 0 Å². The molecule has 6 nitrogen and oxygen atoms in total. The minimum Gasteiger partial charge on any atom is -0.494 e. The normalized spacial score (nSPS) is 10.3. The van der Waals surface area contributed by atoms with Gasteiger partial charge in [-0.2, -0.15) is 11.8 Å². The first-order valence-electron chi connectivity index (χ1n) is 6.52. The molecule has 20 heavy (non-hydrogen) atoms. The molecule has 0 fully saturated rings. The van der Waals surface area contributed by atoms with Gasteiger partial charge in [0.1, 0.15) is 5.75 Å². The third kappa shape index (κ3) is 6.12. The SMILES string of the molecule is CCOc1cc(NCCSCCCO)cc([N+](=O)[O-])c1. The lowest BCUT2D eigenvalue weighted by Gasteiger charge is -2.09. The Kier molecular flexibility index (Phi) is 7.82. The topological polar surface area (TPSA) is 84.6 Å². The minimum atomic E-state index is -0.427. The van der Waals surface area contributed by atoms with Crippen LogP contribution in [0.25, 0.3) is 0 Å². The van der Waals surface area contributed by atoms with E-state index in [2.05, 4.69) is 5.32 Å². The maximum Gasteiger partial charge on any atom is 0.275 e. The monoisotopic (exact) mass is 300 g/mol. The van der Waals surface area contributed by atoms with Gasteiger partial charge in [0, 0.05) is 36.7 Å². The van der Waals surface area contributed by atoms with Crippen molar-refractivity contribution in [2.45, 2.75) is 13.3 Å². The van der Waals surface area contributed by atoms with Crippen LogP contribution in [0.15, 0.2) is 18.2 Å². The number of rotatable bonds is 10. The molecule has 0 aliphatic carbocycles. The molecule has 0 bridgehead atoms. The van der Waals surface area contributed by atoms with Gasteiger partial charge in [0.05, 0.1) is 17.6 Å². The van der Waals surface area contributed by atoms with Crippen molar-refractivity contribution in [3.63, 3.8) is 0 Å². The molecule has 1 aromatic carbocycles. The zero-order valence-electron chi connectivity index (χ0n) is 11.5.